The molecule has 0 saturated heterocycles. The second-order valence-corrected chi connectivity index (χ2v) is 6.82. The Labute approximate surface area is 159 Å². The summed E-state index contributed by atoms with van der Waals surface area (Å²) in [7, 11) is 1.44. The Morgan fingerprint density at radius 2 is 1.70 bits per heavy atom. The van der Waals surface area contributed by atoms with Gasteiger partial charge in [0, 0.05) is 17.2 Å². The molecule has 0 heterocycles. The van der Waals surface area contributed by atoms with Crippen LogP contribution in [0, 0.1) is 24.0 Å². The molecule has 0 bridgehead atoms. The topological polar surface area (TPSA) is 67.4 Å². The fourth-order valence-corrected chi connectivity index (χ4v) is 2.84. The predicted molar refractivity (Wildman–Crippen MR) is 98.0 cm³/mol. The maximum Gasteiger partial charge on any atom is 0.240 e. The van der Waals surface area contributed by atoms with Crippen molar-refractivity contribution < 1.29 is 23.1 Å². The van der Waals surface area contributed by atoms with E-state index in [1.807, 2.05) is 0 Å². The lowest BCUT2D eigenvalue weighted by Gasteiger charge is -2.18. The number of carbonyl (C=O) groups excluding carboxylic acids is 2. The van der Waals surface area contributed by atoms with Gasteiger partial charge in [-0.1, -0.05) is 11.6 Å². The van der Waals surface area contributed by atoms with Gasteiger partial charge in [0.15, 0.2) is 0 Å². The van der Waals surface area contributed by atoms with Gasteiger partial charge in [0.05, 0.1) is 18.5 Å². The Bertz CT molecular complexity index is 929. The fourth-order valence-electron chi connectivity index (χ4n) is 2.69. The van der Waals surface area contributed by atoms with Gasteiger partial charge in [-0.25, -0.2) is 8.78 Å². The van der Waals surface area contributed by atoms with Crippen molar-refractivity contribution in [2.24, 2.45) is 5.41 Å². The van der Waals surface area contributed by atoms with Gasteiger partial charge in [-0.3, -0.25) is 9.59 Å². The minimum Gasteiger partial charge on any atom is -0.495 e. The van der Waals surface area contributed by atoms with Crippen LogP contribution in [0.25, 0.3) is 0 Å². The first-order valence-electron chi connectivity index (χ1n) is 8.19. The third kappa shape index (κ3) is 3.73. The number of carbonyl (C=O) groups is 2. The molecule has 0 aliphatic heterocycles. The molecule has 2 aromatic carbocycles. The Morgan fingerprint density at radius 1 is 1.07 bits per heavy atom. The van der Waals surface area contributed by atoms with Gasteiger partial charge in [-0.05, 0) is 43.5 Å². The van der Waals surface area contributed by atoms with E-state index in [1.165, 1.54) is 7.11 Å². The van der Waals surface area contributed by atoms with E-state index in [9.17, 15) is 18.4 Å². The number of halogens is 3. The average molecular weight is 395 g/mol. The number of rotatable bonds is 5. The van der Waals surface area contributed by atoms with Crippen molar-refractivity contribution in [2.45, 2.75) is 19.8 Å². The van der Waals surface area contributed by atoms with Crippen molar-refractivity contribution in [3.63, 3.8) is 0 Å². The molecule has 1 aliphatic carbocycles. The Morgan fingerprint density at radius 3 is 2.26 bits per heavy atom. The van der Waals surface area contributed by atoms with E-state index in [4.69, 9.17) is 16.3 Å². The summed E-state index contributed by atoms with van der Waals surface area (Å²) in [6, 6.07) is 6.02. The lowest BCUT2D eigenvalue weighted by Crippen LogP contribution is -2.36. The number of methoxy groups -OCH3 is 1. The average Bonchev–Trinajstić information content (AvgIpc) is 3.42. The van der Waals surface area contributed by atoms with Crippen molar-refractivity contribution in [1.82, 2.24) is 0 Å². The number of aryl methyl sites for hydroxylation is 1. The molecule has 1 fully saturated rings. The van der Waals surface area contributed by atoms with Gasteiger partial charge in [0.25, 0.3) is 0 Å². The van der Waals surface area contributed by atoms with Crippen LogP contribution in [0.2, 0.25) is 5.02 Å². The first kappa shape index (κ1) is 19.1. The lowest BCUT2D eigenvalue weighted by atomic mass is 10.0. The summed E-state index contributed by atoms with van der Waals surface area (Å²) in [6.45, 7) is 1.77. The number of amides is 2. The van der Waals surface area contributed by atoms with Gasteiger partial charge in [-0.2, -0.15) is 0 Å². The molecule has 5 nitrogen and oxygen atoms in total. The molecule has 2 N–H and O–H groups in total. The zero-order valence-corrected chi connectivity index (χ0v) is 15.4. The summed E-state index contributed by atoms with van der Waals surface area (Å²) in [5.41, 5.74) is -0.369. The van der Waals surface area contributed by atoms with Gasteiger partial charge >= 0.3 is 0 Å². The molecule has 2 aromatic rings. The van der Waals surface area contributed by atoms with E-state index < -0.39 is 28.9 Å². The van der Waals surface area contributed by atoms with Crippen LogP contribution in [0.1, 0.15) is 18.4 Å². The molecule has 3 rings (SSSR count). The summed E-state index contributed by atoms with van der Waals surface area (Å²) >= 11 is 6.05. The molecule has 2 amide bonds. The van der Waals surface area contributed by atoms with E-state index in [1.54, 1.807) is 19.1 Å². The van der Waals surface area contributed by atoms with Crippen LogP contribution in [0.4, 0.5) is 20.2 Å². The molecule has 142 valence electrons. The van der Waals surface area contributed by atoms with Crippen molar-refractivity contribution >= 4 is 34.8 Å². The zero-order valence-electron chi connectivity index (χ0n) is 14.7. The van der Waals surface area contributed by atoms with Crippen LogP contribution in [0.15, 0.2) is 30.3 Å². The highest BCUT2D eigenvalue weighted by Crippen LogP contribution is 2.48. The largest absolute Gasteiger partial charge is 0.495 e. The molecular weight excluding hydrogens is 378 g/mol. The van der Waals surface area contributed by atoms with E-state index >= 15 is 0 Å². The van der Waals surface area contributed by atoms with Crippen LogP contribution < -0.4 is 15.4 Å². The highest BCUT2D eigenvalue weighted by molar-refractivity contribution is 6.31. The lowest BCUT2D eigenvalue weighted by molar-refractivity contribution is -0.131. The number of hydrogen-bond acceptors (Lipinski definition) is 3. The van der Waals surface area contributed by atoms with E-state index in [2.05, 4.69) is 10.6 Å². The number of hydrogen-bond donors (Lipinski definition) is 2. The van der Waals surface area contributed by atoms with E-state index in [0.717, 1.165) is 17.7 Å². The molecule has 8 heteroatoms. The molecule has 0 unspecified atom stereocenters. The maximum absolute atomic E-state index is 13.8. The molecule has 1 saturated carbocycles. The molecule has 27 heavy (non-hydrogen) atoms. The van der Waals surface area contributed by atoms with Crippen LogP contribution in [0.5, 0.6) is 5.75 Å². The summed E-state index contributed by atoms with van der Waals surface area (Å²) in [4.78, 5) is 25.3. The summed E-state index contributed by atoms with van der Waals surface area (Å²) in [5.74, 6) is -2.47. The fraction of sp³-hybridized carbons (Fsp3) is 0.263. The summed E-state index contributed by atoms with van der Waals surface area (Å²) in [5, 5.41) is 5.53. The number of anilines is 2. The van der Waals surface area contributed by atoms with Crippen molar-refractivity contribution in [1.29, 1.82) is 0 Å². The van der Waals surface area contributed by atoms with Crippen LogP contribution in [-0.2, 0) is 9.59 Å². The molecule has 0 spiro atoms. The Kier molecular flexibility index (Phi) is 5.06. The monoisotopic (exact) mass is 394 g/mol. The smallest absolute Gasteiger partial charge is 0.240 e. The minimum atomic E-state index is -1.31. The standard InChI is InChI=1S/C19H17ClF2N2O3/c1-10-7-15(16(27-2)9-12(10)20)24-18(26)19(5-6-19)17(25)23-14-4-3-11(21)8-13(14)22/h3-4,7-9H,5-6H2,1-2H3,(H,23,25)(H,24,26). The molecular formula is C19H17ClF2N2O3. The van der Waals surface area contributed by atoms with Crippen molar-refractivity contribution in [2.75, 3.05) is 17.7 Å². The van der Waals surface area contributed by atoms with Crippen molar-refractivity contribution in [3.8, 4) is 5.75 Å². The highest BCUT2D eigenvalue weighted by Gasteiger charge is 2.56. The number of benzene rings is 2. The third-order valence-electron chi connectivity index (χ3n) is 4.53. The Hall–Kier alpha value is -2.67. The predicted octanol–water partition coefficient (Wildman–Crippen LogP) is 4.29. The second-order valence-electron chi connectivity index (χ2n) is 6.42. The van der Waals surface area contributed by atoms with Crippen LogP contribution >= 0.6 is 11.6 Å². The number of nitrogens with one attached hydrogen (secondary N) is 2. The van der Waals surface area contributed by atoms with Gasteiger partial charge in [0.2, 0.25) is 11.8 Å². The van der Waals surface area contributed by atoms with Gasteiger partial charge in [0.1, 0.15) is 22.8 Å². The minimum absolute atomic E-state index is 0.180. The van der Waals surface area contributed by atoms with Crippen molar-refractivity contribution in [3.05, 3.63) is 52.6 Å². The SMILES string of the molecule is COc1cc(Cl)c(C)cc1NC(=O)C1(C(=O)Nc2ccc(F)cc2F)CC1. The normalized spacial score (nSPS) is 14.4. The summed E-state index contributed by atoms with van der Waals surface area (Å²) in [6.07, 6.45) is 0.644. The molecule has 0 atom stereocenters. The zero-order chi connectivity index (χ0) is 19.8. The molecule has 0 radical (unpaired) electrons. The molecule has 1 aliphatic rings. The first-order chi connectivity index (χ1) is 12.8. The number of ether oxygens (including phenoxy) is 1. The van der Waals surface area contributed by atoms with E-state index in [0.29, 0.717) is 35.4 Å². The summed E-state index contributed by atoms with van der Waals surface area (Å²) < 4.78 is 32.0. The maximum atomic E-state index is 13.8. The van der Waals surface area contributed by atoms with Gasteiger partial charge in [-0.15, -0.1) is 0 Å². The Balaban J connectivity index is 1.78. The highest BCUT2D eigenvalue weighted by atomic mass is 35.5. The molecule has 0 aromatic heterocycles. The first-order valence-corrected chi connectivity index (χ1v) is 8.57. The van der Waals surface area contributed by atoms with E-state index in [-0.39, 0.29) is 5.69 Å². The third-order valence-corrected chi connectivity index (χ3v) is 4.93. The van der Waals surface area contributed by atoms with Crippen LogP contribution in [-0.4, -0.2) is 18.9 Å². The second kappa shape index (κ2) is 7.15. The van der Waals surface area contributed by atoms with Crippen LogP contribution in [0.3, 0.4) is 0 Å². The van der Waals surface area contributed by atoms with Gasteiger partial charge < -0.3 is 15.4 Å². The quantitative estimate of drug-likeness (QED) is 0.743.